The highest BCUT2D eigenvalue weighted by Crippen LogP contribution is 2.40. The number of hydrogen-bond acceptors (Lipinski definition) is 6. The van der Waals surface area contributed by atoms with Crippen LogP contribution in [0.15, 0.2) is 52.9 Å². The normalized spacial score (nSPS) is 18.5. The SMILES string of the molecule is O=C(N1CCC(=O)S(=O)CC1)N(Cc1ccc(-c2nnc(C(F)(F)F)o2)cc1)c1ccc(C2CC2)cc1. The van der Waals surface area contributed by atoms with Gasteiger partial charge in [0, 0.05) is 36.5 Å². The second-order valence-electron chi connectivity index (χ2n) is 9.00. The van der Waals surface area contributed by atoms with Gasteiger partial charge in [-0.1, -0.05) is 24.3 Å². The van der Waals surface area contributed by atoms with E-state index in [1.807, 2.05) is 24.3 Å². The van der Waals surface area contributed by atoms with Crippen LogP contribution in [0.2, 0.25) is 0 Å². The lowest BCUT2D eigenvalue weighted by atomic mass is 10.1. The average molecular weight is 533 g/mol. The predicted octanol–water partition coefficient (Wildman–Crippen LogP) is 4.74. The first kappa shape index (κ1) is 25.1. The zero-order valence-electron chi connectivity index (χ0n) is 19.6. The third-order valence-corrected chi connectivity index (χ3v) is 7.62. The molecule has 2 heterocycles. The smallest absolute Gasteiger partial charge is 0.413 e. The van der Waals surface area contributed by atoms with Gasteiger partial charge in [-0.3, -0.25) is 13.9 Å². The number of alkyl halides is 3. The number of amides is 2. The van der Waals surface area contributed by atoms with Crippen molar-refractivity contribution in [3.8, 4) is 11.5 Å². The summed E-state index contributed by atoms with van der Waals surface area (Å²) in [7, 11) is -1.60. The maximum Gasteiger partial charge on any atom is 0.470 e. The number of carbonyl (C=O) groups is 2. The monoisotopic (exact) mass is 532 g/mol. The van der Waals surface area contributed by atoms with Crippen molar-refractivity contribution in [1.29, 1.82) is 0 Å². The highest BCUT2D eigenvalue weighted by Gasteiger charge is 2.38. The maximum atomic E-state index is 13.6. The van der Waals surface area contributed by atoms with E-state index in [0.717, 1.165) is 12.8 Å². The Bertz CT molecular complexity index is 1300. The molecular formula is C25H23F3N4O4S. The number of rotatable bonds is 5. The standard InChI is InChI=1S/C25H23F3N4O4S/c26-25(27,28)23-30-29-22(36-23)19-3-1-16(2-4-19)15-32(20-9-7-18(8-10-20)17-5-6-17)24(34)31-12-11-21(33)37(35)14-13-31/h1-4,7-10,17H,5-6,11-15H2. The molecular weight excluding hydrogens is 509 g/mol. The van der Waals surface area contributed by atoms with Crippen molar-refractivity contribution in [3.05, 3.63) is 65.5 Å². The summed E-state index contributed by atoms with van der Waals surface area (Å²) < 4.78 is 55.0. The van der Waals surface area contributed by atoms with Crippen molar-refractivity contribution in [2.24, 2.45) is 0 Å². The van der Waals surface area contributed by atoms with E-state index >= 15 is 0 Å². The van der Waals surface area contributed by atoms with Gasteiger partial charge in [-0.2, -0.15) is 13.2 Å². The first-order chi connectivity index (χ1) is 17.7. The minimum atomic E-state index is -4.73. The van der Waals surface area contributed by atoms with Crippen LogP contribution >= 0.6 is 0 Å². The van der Waals surface area contributed by atoms with E-state index in [2.05, 4.69) is 10.2 Å². The van der Waals surface area contributed by atoms with E-state index in [4.69, 9.17) is 4.42 Å². The Morgan fingerprint density at radius 1 is 1.05 bits per heavy atom. The van der Waals surface area contributed by atoms with Crippen LogP contribution in [0.3, 0.4) is 0 Å². The van der Waals surface area contributed by atoms with Gasteiger partial charge in [0.2, 0.25) is 11.0 Å². The van der Waals surface area contributed by atoms with Crippen LogP contribution in [-0.2, 0) is 28.3 Å². The molecule has 2 aliphatic rings. The Hall–Kier alpha value is -3.54. The molecule has 2 aromatic carbocycles. The van der Waals surface area contributed by atoms with Crippen LogP contribution in [0.5, 0.6) is 0 Å². The molecule has 0 radical (unpaired) electrons. The Morgan fingerprint density at radius 3 is 2.38 bits per heavy atom. The van der Waals surface area contributed by atoms with Gasteiger partial charge in [0.1, 0.15) is 0 Å². The predicted molar refractivity (Wildman–Crippen MR) is 129 cm³/mol. The van der Waals surface area contributed by atoms with Gasteiger partial charge in [0.15, 0.2) is 0 Å². The highest BCUT2D eigenvalue weighted by atomic mass is 32.2. The molecule has 1 saturated carbocycles. The van der Waals surface area contributed by atoms with E-state index in [0.29, 0.717) is 22.7 Å². The Labute approximate surface area is 212 Å². The molecule has 1 aliphatic heterocycles. The van der Waals surface area contributed by atoms with Crippen molar-refractivity contribution in [2.45, 2.75) is 37.9 Å². The number of aromatic nitrogens is 2. The van der Waals surface area contributed by atoms with E-state index in [1.165, 1.54) is 10.5 Å². The number of carbonyl (C=O) groups excluding carboxylic acids is 2. The topological polar surface area (TPSA) is 96.6 Å². The van der Waals surface area contributed by atoms with Crippen LogP contribution in [0.4, 0.5) is 23.7 Å². The summed E-state index contributed by atoms with van der Waals surface area (Å²) in [6, 6.07) is 13.9. The molecule has 8 nitrogen and oxygen atoms in total. The zero-order chi connectivity index (χ0) is 26.2. The summed E-state index contributed by atoms with van der Waals surface area (Å²) in [5.41, 5.74) is 2.91. The molecule has 194 valence electrons. The summed E-state index contributed by atoms with van der Waals surface area (Å²) in [5, 5.41) is 6.15. The fourth-order valence-electron chi connectivity index (χ4n) is 4.12. The van der Waals surface area contributed by atoms with E-state index in [9.17, 15) is 27.0 Å². The molecule has 1 atom stereocenters. The Balaban J connectivity index is 1.38. The van der Waals surface area contributed by atoms with Gasteiger partial charge < -0.3 is 9.32 Å². The minimum absolute atomic E-state index is 0.0333. The lowest BCUT2D eigenvalue weighted by Gasteiger charge is -2.30. The average Bonchev–Trinajstić information content (AvgIpc) is 3.64. The van der Waals surface area contributed by atoms with E-state index in [-0.39, 0.29) is 48.8 Å². The molecule has 3 aromatic rings. The third-order valence-electron chi connectivity index (χ3n) is 6.35. The molecule has 0 spiro atoms. The molecule has 12 heteroatoms. The Morgan fingerprint density at radius 2 is 1.76 bits per heavy atom. The number of urea groups is 1. The number of halogens is 3. The Kier molecular flexibility index (Phi) is 6.84. The van der Waals surface area contributed by atoms with Crippen LogP contribution < -0.4 is 4.90 Å². The first-order valence-electron chi connectivity index (χ1n) is 11.8. The molecule has 0 N–H and O–H groups in total. The number of benzene rings is 2. The second kappa shape index (κ2) is 10.1. The maximum absolute atomic E-state index is 13.6. The largest absolute Gasteiger partial charge is 0.470 e. The second-order valence-corrected chi connectivity index (χ2v) is 10.6. The third kappa shape index (κ3) is 5.74. The molecule has 37 heavy (non-hydrogen) atoms. The van der Waals surface area contributed by atoms with Crippen LogP contribution in [0.1, 0.15) is 42.2 Å². The van der Waals surface area contributed by atoms with Crippen LogP contribution in [0, 0.1) is 0 Å². The van der Waals surface area contributed by atoms with Crippen molar-refractivity contribution >= 4 is 27.6 Å². The summed E-state index contributed by atoms with van der Waals surface area (Å²) in [6.07, 6.45) is -2.40. The van der Waals surface area contributed by atoms with Crippen molar-refractivity contribution in [1.82, 2.24) is 15.1 Å². The van der Waals surface area contributed by atoms with Gasteiger partial charge >= 0.3 is 18.1 Å². The molecule has 0 bridgehead atoms. The molecule has 1 aliphatic carbocycles. The van der Waals surface area contributed by atoms with Gasteiger partial charge in [0.25, 0.3) is 0 Å². The first-order valence-corrected chi connectivity index (χ1v) is 13.1. The van der Waals surface area contributed by atoms with Crippen molar-refractivity contribution in [2.75, 3.05) is 23.7 Å². The molecule has 2 amide bonds. The van der Waals surface area contributed by atoms with Gasteiger partial charge in [-0.25, -0.2) is 4.79 Å². The number of nitrogens with zero attached hydrogens (tertiary/aromatic N) is 4. The van der Waals surface area contributed by atoms with E-state index in [1.54, 1.807) is 29.2 Å². The number of anilines is 1. The molecule has 1 saturated heterocycles. The molecule has 1 unspecified atom stereocenters. The summed E-state index contributed by atoms with van der Waals surface area (Å²) in [4.78, 5) is 28.6. The lowest BCUT2D eigenvalue weighted by molar-refractivity contribution is -0.156. The summed E-state index contributed by atoms with van der Waals surface area (Å²) >= 11 is 0. The van der Waals surface area contributed by atoms with Crippen molar-refractivity contribution in [3.63, 3.8) is 0 Å². The molecule has 1 aromatic heterocycles. The highest BCUT2D eigenvalue weighted by molar-refractivity contribution is 8.00. The van der Waals surface area contributed by atoms with Gasteiger partial charge in [-0.15, -0.1) is 10.2 Å². The van der Waals surface area contributed by atoms with Gasteiger partial charge in [-0.05, 0) is 54.2 Å². The van der Waals surface area contributed by atoms with Crippen LogP contribution in [0.25, 0.3) is 11.5 Å². The van der Waals surface area contributed by atoms with Crippen molar-refractivity contribution < 1.29 is 31.4 Å². The fourth-order valence-corrected chi connectivity index (χ4v) is 5.06. The fraction of sp³-hybridized carbons (Fsp3) is 0.360. The van der Waals surface area contributed by atoms with Crippen LogP contribution in [-0.4, -0.2) is 49.3 Å². The summed E-state index contributed by atoms with van der Waals surface area (Å²) in [6.45, 7) is 0.552. The van der Waals surface area contributed by atoms with Gasteiger partial charge in [0.05, 0.1) is 17.3 Å². The molecule has 5 rings (SSSR count). The lowest BCUT2D eigenvalue weighted by Crippen LogP contribution is -2.44. The quantitative estimate of drug-likeness (QED) is 0.471. The number of hydrogen-bond donors (Lipinski definition) is 0. The minimum Gasteiger partial charge on any atom is -0.413 e. The summed E-state index contributed by atoms with van der Waals surface area (Å²) in [5.74, 6) is -1.03. The molecule has 2 fully saturated rings. The zero-order valence-corrected chi connectivity index (χ0v) is 20.4. The van der Waals surface area contributed by atoms with E-state index < -0.39 is 22.9 Å².